The van der Waals surface area contributed by atoms with Gasteiger partial charge in [-0.2, -0.15) is 0 Å². The molecule has 0 aromatic rings. The van der Waals surface area contributed by atoms with Gasteiger partial charge in [0.05, 0.1) is 0 Å². The van der Waals surface area contributed by atoms with E-state index in [1.165, 1.54) is 51.6 Å². The standard InChI is InChI=1S/C18H38N2/c1-7-9-13-20(16-10-11-16)15-18(6,12-8-2)14-19-17(3,4)5/h16,19H,7-15H2,1-6H3. The molecular weight excluding hydrogens is 244 g/mol. The van der Waals surface area contributed by atoms with Crippen LogP contribution < -0.4 is 5.32 Å². The first-order chi connectivity index (χ1) is 9.29. The Kier molecular flexibility index (Phi) is 7.00. The Bertz CT molecular complexity index is 265. The molecule has 120 valence electrons. The highest BCUT2D eigenvalue weighted by Crippen LogP contribution is 2.32. The molecule has 1 rings (SSSR count). The molecule has 2 nitrogen and oxygen atoms in total. The Labute approximate surface area is 127 Å². The second kappa shape index (κ2) is 7.79. The summed E-state index contributed by atoms with van der Waals surface area (Å²) in [5.41, 5.74) is 0.640. The van der Waals surface area contributed by atoms with Crippen molar-refractivity contribution < 1.29 is 0 Å². The van der Waals surface area contributed by atoms with Crippen LogP contribution in [0.3, 0.4) is 0 Å². The maximum atomic E-state index is 3.74. The van der Waals surface area contributed by atoms with E-state index in [1.807, 2.05) is 0 Å². The summed E-state index contributed by atoms with van der Waals surface area (Å²) in [7, 11) is 0. The third kappa shape index (κ3) is 7.08. The topological polar surface area (TPSA) is 15.3 Å². The number of unbranched alkanes of at least 4 members (excludes halogenated alkanes) is 1. The smallest absolute Gasteiger partial charge is 0.00967 e. The Morgan fingerprint density at radius 2 is 1.70 bits per heavy atom. The zero-order chi connectivity index (χ0) is 15.2. The summed E-state index contributed by atoms with van der Waals surface area (Å²) in [6.45, 7) is 17.6. The van der Waals surface area contributed by atoms with Crippen LogP contribution in [-0.2, 0) is 0 Å². The first kappa shape index (κ1) is 18.0. The molecule has 1 atom stereocenters. The highest BCUT2D eigenvalue weighted by Gasteiger charge is 2.34. The van der Waals surface area contributed by atoms with Crippen molar-refractivity contribution in [1.29, 1.82) is 0 Å². The molecule has 1 aliphatic carbocycles. The molecule has 1 unspecified atom stereocenters. The van der Waals surface area contributed by atoms with Gasteiger partial charge in [0.15, 0.2) is 0 Å². The number of rotatable bonds is 10. The van der Waals surface area contributed by atoms with Crippen LogP contribution in [0, 0.1) is 5.41 Å². The van der Waals surface area contributed by atoms with E-state index in [-0.39, 0.29) is 5.54 Å². The summed E-state index contributed by atoms with van der Waals surface area (Å²) in [6.07, 6.45) is 8.14. The summed E-state index contributed by atoms with van der Waals surface area (Å²) in [5.74, 6) is 0. The summed E-state index contributed by atoms with van der Waals surface area (Å²) in [6, 6.07) is 0.896. The molecule has 2 heteroatoms. The molecule has 0 saturated heterocycles. The lowest BCUT2D eigenvalue weighted by molar-refractivity contribution is 0.133. The molecule has 0 amide bonds. The fourth-order valence-corrected chi connectivity index (χ4v) is 2.99. The minimum absolute atomic E-state index is 0.225. The molecule has 0 aromatic carbocycles. The average Bonchev–Trinajstić information content (AvgIpc) is 3.16. The summed E-state index contributed by atoms with van der Waals surface area (Å²) < 4.78 is 0. The molecule has 0 aliphatic heterocycles. The molecule has 1 aliphatic rings. The monoisotopic (exact) mass is 282 g/mol. The molecule has 0 spiro atoms. The third-order valence-corrected chi connectivity index (χ3v) is 4.35. The van der Waals surface area contributed by atoms with Gasteiger partial charge < -0.3 is 5.32 Å². The second-order valence-electron chi connectivity index (χ2n) is 8.22. The molecule has 1 fully saturated rings. The van der Waals surface area contributed by atoms with Crippen molar-refractivity contribution in [3.05, 3.63) is 0 Å². The van der Waals surface area contributed by atoms with Gasteiger partial charge in [-0.15, -0.1) is 0 Å². The minimum atomic E-state index is 0.225. The molecular formula is C18H38N2. The Morgan fingerprint density at radius 3 is 2.15 bits per heavy atom. The van der Waals surface area contributed by atoms with Crippen LogP contribution in [-0.4, -0.2) is 36.1 Å². The third-order valence-electron chi connectivity index (χ3n) is 4.35. The van der Waals surface area contributed by atoms with E-state index in [0.29, 0.717) is 5.41 Å². The summed E-state index contributed by atoms with van der Waals surface area (Å²) in [5, 5.41) is 3.74. The van der Waals surface area contributed by atoms with Gasteiger partial charge in [0.25, 0.3) is 0 Å². The highest BCUT2D eigenvalue weighted by atomic mass is 15.2. The normalized spacial score (nSPS) is 19.4. The second-order valence-corrected chi connectivity index (χ2v) is 8.22. The highest BCUT2D eigenvalue weighted by molar-refractivity contribution is 4.90. The first-order valence-electron chi connectivity index (χ1n) is 8.79. The van der Waals surface area contributed by atoms with Gasteiger partial charge in [-0.1, -0.05) is 33.6 Å². The van der Waals surface area contributed by atoms with Crippen molar-refractivity contribution >= 4 is 0 Å². The average molecular weight is 283 g/mol. The number of hydrogen-bond donors (Lipinski definition) is 1. The van der Waals surface area contributed by atoms with E-state index < -0.39 is 0 Å². The van der Waals surface area contributed by atoms with Crippen molar-refractivity contribution in [3.8, 4) is 0 Å². The van der Waals surface area contributed by atoms with Crippen molar-refractivity contribution in [1.82, 2.24) is 10.2 Å². The van der Waals surface area contributed by atoms with E-state index in [0.717, 1.165) is 12.6 Å². The minimum Gasteiger partial charge on any atom is -0.311 e. The fraction of sp³-hybridized carbons (Fsp3) is 1.00. The van der Waals surface area contributed by atoms with Crippen LogP contribution in [0.1, 0.15) is 80.1 Å². The van der Waals surface area contributed by atoms with Crippen molar-refractivity contribution in [2.24, 2.45) is 5.41 Å². The van der Waals surface area contributed by atoms with Crippen molar-refractivity contribution in [3.63, 3.8) is 0 Å². The Hall–Kier alpha value is -0.0800. The predicted octanol–water partition coefficient (Wildman–Crippen LogP) is 4.45. The van der Waals surface area contributed by atoms with Gasteiger partial charge in [0.1, 0.15) is 0 Å². The molecule has 0 aromatic heterocycles. The molecule has 1 saturated carbocycles. The van der Waals surface area contributed by atoms with E-state index in [1.54, 1.807) is 0 Å². The lowest BCUT2D eigenvalue weighted by Crippen LogP contribution is -2.48. The van der Waals surface area contributed by atoms with Crippen LogP contribution in [0.15, 0.2) is 0 Å². The molecule has 1 N–H and O–H groups in total. The molecule has 0 radical (unpaired) electrons. The van der Waals surface area contributed by atoms with Crippen LogP contribution in [0.25, 0.3) is 0 Å². The molecule has 0 heterocycles. The first-order valence-corrected chi connectivity index (χ1v) is 8.79. The number of hydrogen-bond acceptors (Lipinski definition) is 2. The summed E-state index contributed by atoms with van der Waals surface area (Å²) in [4.78, 5) is 2.78. The van der Waals surface area contributed by atoms with E-state index in [4.69, 9.17) is 0 Å². The van der Waals surface area contributed by atoms with Gasteiger partial charge in [-0.3, -0.25) is 4.90 Å². The predicted molar refractivity (Wildman–Crippen MR) is 90.3 cm³/mol. The Morgan fingerprint density at radius 1 is 1.05 bits per heavy atom. The van der Waals surface area contributed by atoms with E-state index >= 15 is 0 Å². The summed E-state index contributed by atoms with van der Waals surface area (Å²) >= 11 is 0. The lowest BCUT2D eigenvalue weighted by Gasteiger charge is -2.38. The van der Waals surface area contributed by atoms with E-state index in [9.17, 15) is 0 Å². The lowest BCUT2D eigenvalue weighted by atomic mass is 9.84. The quantitative estimate of drug-likeness (QED) is 0.637. The number of nitrogens with one attached hydrogen (secondary N) is 1. The zero-order valence-electron chi connectivity index (χ0n) is 14.9. The van der Waals surface area contributed by atoms with Gasteiger partial charge in [0, 0.05) is 24.7 Å². The van der Waals surface area contributed by atoms with Gasteiger partial charge in [0.2, 0.25) is 0 Å². The molecule has 0 bridgehead atoms. The van der Waals surface area contributed by atoms with Crippen molar-refractivity contribution in [2.75, 3.05) is 19.6 Å². The van der Waals surface area contributed by atoms with Crippen molar-refractivity contribution in [2.45, 2.75) is 91.6 Å². The molecule has 20 heavy (non-hydrogen) atoms. The zero-order valence-corrected chi connectivity index (χ0v) is 14.9. The number of nitrogens with zero attached hydrogens (tertiary/aromatic N) is 1. The van der Waals surface area contributed by atoms with Crippen LogP contribution in [0.2, 0.25) is 0 Å². The SMILES string of the molecule is CCCCN(CC(C)(CCC)CNC(C)(C)C)C1CC1. The van der Waals surface area contributed by atoms with Crippen LogP contribution in [0.5, 0.6) is 0 Å². The van der Waals surface area contributed by atoms with Gasteiger partial charge in [-0.25, -0.2) is 0 Å². The maximum absolute atomic E-state index is 3.74. The van der Waals surface area contributed by atoms with Crippen LogP contribution >= 0.6 is 0 Å². The van der Waals surface area contributed by atoms with Gasteiger partial charge in [-0.05, 0) is 58.4 Å². The maximum Gasteiger partial charge on any atom is 0.00967 e. The van der Waals surface area contributed by atoms with E-state index in [2.05, 4.69) is 51.8 Å². The largest absolute Gasteiger partial charge is 0.311 e. The Balaban J connectivity index is 2.57. The van der Waals surface area contributed by atoms with Crippen LogP contribution in [0.4, 0.5) is 0 Å². The fourth-order valence-electron chi connectivity index (χ4n) is 2.99. The van der Waals surface area contributed by atoms with Gasteiger partial charge >= 0.3 is 0 Å².